The summed E-state index contributed by atoms with van der Waals surface area (Å²) in [7, 11) is 0. The maximum Gasteiger partial charge on any atom is 0.257 e. The van der Waals surface area contributed by atoms with Crippen LogP contribution < -0.4 is 9.47 Å². The van der Waals surface area contributed by atoms with E-state index in [9.17, 15) is 9.90 Å². The molecule has 0 saturated carbocycles. The molecule has 0 aromatic heterocycles. The van der Waals surface area contributed by atoms with Gasteiger partial charge in [-0.15, -0.1) is 0 Å². The Morgan fingerprint density at radius 1 is 1.05 bits per heavy atom. The monoisotopic (exact) mass is 519 g/mol. The lowest BCUT2D eigenvalue weighted by Gasteiger charge is -2.38. The van der Waals surface area contributed by atoms with Gasteiger partial charge in [-0.3, -0.25) is 14.6 Å². The van der Waals surface area contributed by atoms with Gasteiger partial charge in [-0.25, -0.2) is 0 Å². The molecule has 0 radical (unpaired) electrons. The Morgan fingerprint density at radius 3 is 2.63 bits per heavy atom. The summed E-state index contributed by atoms with van der Waals surface area (Å²) in [6.45, 7) is 6.94. The first kappa shape index (κ1) is 25.7. The van der Waals surface area contributed by atoms with Crippen LogP contribution in [-0.2, 0) is 13.0 Å². The second kappa shape index (κ2) is 11.2. The van der Waals surface area contributed by atoms with Crippen LogP contribution in [0.25, 0.3) is 0 Å². The summed E-state index contributed by atoms with van der Waals surface area (Å²) in [6, 6.07) is 15.4. The fourth-order valence-corrected chi connectivity index (χ4v) is 7.04. The van der Waals surface area contributed by atoms with Gasteiger partial charge in [-0.1, -0.05) is 31.2 Å². The van der Waals surface area contributed by atoms with Crippen LogP contribution in [0.1, 0.15) is 60.5 Å². The Balaban J connectivity index is 1.05. The number of carbonyl (C=O) groups excluding carboxylic acids is 1. The smallest absolute Gasteiger partial charge is 0.257 e. The lowest BCUT2D eigenvalue weighted by Crippen LogP contribution is -2.46. The van der Waals surface area contributed by atoms with Crippen molar-refractivity contribution in [2.45, 2.75) is 76.3 Å². The Labute approximate surface area is 226 Å². The molecule has 1 amide bonds. The molecule has 1 N–H and O–H groups in total. The largest absolute Gasteiger partial charge is 0.491 e. The summed E-state index contributed by atoms with van der Waals surface area (Å²) in [6.07, 6.45) is 6.50. The number of aliphatic hydroxyl groups excluding tert-OH is 1. The van der Waals surface area contributed by atoms with Crippen molar-refractivity contribution in [1.82, 2.24) is 14.7 Å². The van der Waals surface area contributed by atoms with Crippen LogP contribution in [0.3, 0.4) is 0 Å². The highest BCUT2D eigenvalue weighted by Crippen LogP contribution is 2.38. The van der Waals surface area contributed by atoms with Gasteiger partial charge >= 0.3 is 0 Å². The van der Waals surface area contributed by atoms with Gasteiger partial charge < -0.3 is 19.5 Å². The summed E-state index contributed by atoms with van der Waals surface area (Å²) in [4.78, 5) is 20.1. The summed E-state index contributed by atoms with van der Waals surface area (Å²) in [5, 5.41) is 10.9. The number of fused-ring (bicyclic) bond motifs is 4. The predicted molar refractivity (Wildman–Crippen MR) is 147 cm³/mol. The molecule has 0 aliphatic carbocycles. The molecule has 4 heterocycles. The quantitative estimate of drug-likeness (QED) is 0.574. The molecule has 2 aromatic rings. The normalized spacial score (nSPS) is 26.3. The Hall–Kier alpha value is -2.61. The number of piperidine rings is 1. The molecule has 4 aliphatic rings. The molecule has 0 spiro atoms. The third-order valence-corrected chi connectivity index (χ3v) is 8.82. The number of rotatable bonds is 8. The number of hydrogen-bond acceptors (Lipinski definition) is 6. The van der Waals surface area contributed by atoms with Crippen molar-refractivity contribution >= 4 is 5.91 Å². The zero-order chi connectivity index (χ0) is 26.1. The third kappa shape index (κ3) is 5.42. The predicted octanol–water partition coefficient (Wildman–Crippen LogP) is 3.72. The number of nitrogens with zero attached hydrogens (tertiary/aromatic N) is 3. The Morgan fingerprint density at radius 2 is 1.84 bits per heavy atom. The minimum Gasteiger partial charge on any atom is -0.491 e. The van der Waals surface area contributed by atoms with E-state index in [0.717, 1.165) is 38.1 Å². The third-order valence-electron chi connectivity index (χ3n) is 8.82. The van der Waals surface area contributed by atoms with Crippen LogP contribution in [0, 0.1) is 0 Å². The number of benzene rings is 2. The highest BCUT2D eigenvalue weighted by molar-refractivity contribution is 5.97. The molecular weight excluding hydrogens is 478 g/mol. The zero-order valence-corrected chi connectivity index (χ0v) is 22.6. The van der Waals surface area contributed by atoms with E-state index in [1.165, 1.54) is 36.9 Å². The molecule has 2 bridgehead atoms. The van der Waals surface area contributed by atoms with E-state index in [1.807, 2.05) is 18.2 Å². The number of aliphatic hydroxyl groups is 1. The molecule has 3 atom stereocenters. The number of β-amino-alcohol motifs (C(OH)–C–C–N with tert-alkyl or cyclic N) is 1. The first-order valence-corrected chi connectivity index (χ1v) is 14.5. The fraction of sp³-hybridized carbons (Fsp3) is 0.581. The summed E-state index contributed by atoms with van der Waals surface area (Å²) in [5.41, 5.74) is 3.27. The number of ether oxygens (including phenoxy) is 2. The zero-order valence-electron chi connectivity index (χ0n) is 22.6. The van der Waals surface area contributed by atoms with Gasteiger partial charge in [0.05, 0.1) is 18.2 Å². The molecule has 3 unspecified atom stereocenters. The topological polar surface area (TPSA) is 65.5 Å². The highest BCUT2D eigenvalue weighted by Gasteiger charge is 2.41. The van der Waals surface area contributed by atoms with E-state index in [4.69, 9.17) is 9.47 Å². The maximum atomic E-state index is 13.4. The van der Waals surface area contributed by atoms with Crippen LogP contribution >= 0.6 is 0 Å². The molecule has 2 saturated heterocycles. The van der Waals surface area contributed by atoms with Gasteiger partial charge in [0.2, 0.25) is 0 Å². The van der Waals surface area contributed by atoms with Crippen LogP contribution in [0.15, 0.2) is 42.5 Å². The number of amides is 1. The standard InChI is InChI=1S/C31H41N3O4/c1-2-12-34-24-7-8-25(34)17-28(16-24)38-27-9-10-29-30(18-27)37-15-14-33(31(29)36)21-26(35)20-32-13-11-22-5-3-4-6-23(22)19-32/h3-6,9-10,18,24-26,28,35H,2,7-8,11-17,19-21H2,1H3. The minimum absolute atomic E-state index is 0.0852. The molecule has 6 rings (SSSR count). The van der Waals surface area contributed by atoms with E-state index < -0.39 is 6.10 Å². The van der Waals surface area contributed by atoms with Gasteiger partial charge in [0.1, 0.15) is 24.2 Å². The van der Waals surface area contributed by atoms with Crippen molar-refractivity contribution < 1.29 is 19.4 Å². The molecule has 4 aliphatic heterocycles. The summed E-state index contributed by atoms with van der Waals surface area (Å²) < 4.78 is 12.4. The molecule has 38 heavy (non-hydrogen) atoms. The molecule has 7 heteroatoms. The van der Waals surface area contributed by atoms with E-state index in [0.29, 0.717) is 49.6 Å². The Bertz CT molecular complexity index is 1130. The average Bonchev–Trinajstić information content (AvgIpc) is 3.06. The summed E-state index contributed by atoms with van der Waals surface area (Å²) in [5.74, 6) is 1.28. The first-order valence-electron chi connectivity index (χ1n) is 14.5. The van der Waals surface area contributed by atoms with Gasteiger partial charge in [0, 0.05) is 44.3 Å². The molecule has 7 nitrogen and oxygen atoms in total. The molecule has 2 fully saturated rings. The number of carbonyl (C=O) groups is 1. The SMILES string of the molecule is CCCN1C2CCC1CC(Oc1ccc3c(c1)OCCN(CC(O)CN1CCc4ccccc4C1)C3=O)C2. The van der Waals surface area contributed by atoms with Crippen molar-refractivity contribution in [1.29, 1.82) is 0 Å². The van der Waals surface area contributed by atoms with Gasteiger partial charge in [-0.2, -0.15) is 0 Å². The minimum atomic E-state index is -0.609. The van der Waals surface area contributed by atoms with Crippen LogP contribution in [-0.4, -0.2) is 89.3 Å². The first-order chi connectivity index (χ1) is 18.6. The van der Waals surface area contributed by atoms with Gasteiger partial charge in [-0.05, 0) is 68.3 Å². The van der Waals surface area contributed by atoms with Crippen LogP contribution in [0.2, 0.25) is 0 Å². The highest BCUT2D eigenvalue weighted by atomic mass is 16.5. The van der Waals surface area contributed by atoms with Crippen LogP contribution in [0.5, 0.6) is 11.5 Å². The average molecular weight is 520 g/mol. The van der Waals surface area contributed by atoms with Crippen molar-refractivity contribution in [2.24, 2.45) is 0 Å². The molecular formula is C31H41N3O4. The lowest BCUT2D eigenvalue weighted by atomic mass is 9.99. The Kier molecular flexibility index (Phi) is 7.59. The van der Waals surface area contributed by atoms with Crippen molar-refractivity contribution in [3.8, 4) is 11.5 Å². The second-order valence-corrected chi connectivity index (χ2v) is 11.5. The lowest BCUT2D eigenvalue weighted by molar-refractivity contribution is 0.0494. The van der Waals surface area contributed by atoms with Crippen molar-refractivity contribution in [3.63, 3.8) is 0 Å². The molecule has 2 aromatic carbocycles. The fourth-order valence-electron chi connectivity index (χ4n) is 7.04. The van der Waals surface area contributed by atoms with Crippen molar-refractivity contribution in [3.05, 3.63) is 59.2 Å². The van der Waals surface area contributed by atoms with Gasteiger partial charge in [0.25, 0.3) is 5.91 Å². The second-order valence-electron chi connectivity index (χ2n) is 11.5. The van der Waals surface area contributed by atoms with Gasteiger partial charge in [0.15, 0.2) is 0 Å². The summed E-state index contributed by atoms with van der Waals surface area (Å²) >= 11 is 0. The van der Waals surface area contributed by atoms with Crippen molar-refractivity contribution in [2.75, 3.05) is 39.3 Å². The maximum absolute atomic E-state index is 13.4. The molecule has 204 valence electrons. The number of hydrogen-bond donors (Lipinski definition) is 1. The van der Waals surface area contributed by atoms with Crippen LogP contribution in [0.4, 0.5) is 0 Å². The van der Waals surface area contributed by atoms with E-state index in [2.05, 4.69) is 41.0 Å². The van der Waals surface area contributed by atoms with E-state index >= 15 is 0 Å². The van der Waals surface area contributed by atoms with E-state index in [1.54, 1.807) is 4.90 Å². The van der Waals surface area contributed by atoms with E-state index in [-0.39, 0.29) is 12.0 Å².